The van der Waals surface area contributed by atoms with E-state index < -0.39 is 16.0 Å². The van der Waals surface area contributed by atoms with E-state index in [1.807, 2.05) is 13.8 Å². The topological polar surface area (TPSA) is 83.5 Å². The lowest BCUT2D eigenvalue weighted by atomic mass is 10.1. The zero-order valence-corrected chi connectivity index (χ0v) is 12.2. The summed E-state index contributed by atoms with van der Waals surface area (Å²) in [6, 6.07) is 0. The van der Waals surface area contributed by atoms with Gasteiger partial charge in [0.05, 0.1) is 0 Å². The number of aromatic carboxylic acids is 1. The van der Waals surface area contributed by atoms with Crippen molar-refractivity contribution < 1.29 is 18.3 Å². The van der Waals surface area contributed by atoms with E-state index in [0.29, 0.717) is 12.1 Å². The molecule has 0 saturated heterocycles. The minimum atomic E-state index is -3.75. The molecule has 1 heterocycles. The second kappa shape index (κ2) is 5.81. The maximum Gasteiger partial charge on any atom is 0.347 e. The molecule has 7 heteroatoms. The summed E-state index contributed by atoms with van der Waals surface area (Å²) < 4.78 is 26.6. The molecule has 0 aliphatic carbocycles. The third-order valence-electron chi connectivity index (χ3n) is 2.70. The van der Waals surface area contributed by atoms with Crippen LogP contribution in [-0.4, -0.2) is 26.0 Å². The van der Waals surface area contributed by atoms with Crippen LogP contribution in [0.15, 0.2) is 10.3 Å². The third kappa shape index (κ3) is 3.30. The van der Waals surface area contributed by atoms with Crippen molar-refractivity contribution in [3.63, 3.8) is 0 Å². The van der Waals surface area contributed by atoms with Crippen molar-refractivity contribution in [2.45, 2.75) is 32.1 Å². The monoisotopic (exact) mass is 291 g/mol. The molecule has 0 aliphatic heterocycles. The summed E-state index contributed by atoms with van der Waals surface area (Å²) in [6.45, 7) is 5.81. The highest BCUT2D eigenvalue weighted by Crippen LogP contribution is 2.26. The Balaban J connectivity index is 3.05. The first-order chi connectivity index (χ1) is 8.29. The Morgan fingerprint density at radius 1 is 1.56 bits per heavy atom. The number of rotatable bonds is 6. The molecule has 0 bridgehead atoms. The molecule has 0 radical (unpaired) electrons. The minimum absolute atomic E-state index is 0.108. The summed E-state index contributed by atoms with van der Waals surface area (Å²) in [5.74, 6) is -0.996. The molecule has 1 aromatic heterocycles. The molecule has 0 aliphatic rings. The lowest BCUT2D eigenvalue weighted by molar-refractivity contribution is 0.0698. The SMILES string of the molecule is CCC(C)CNS(=O)(=O)c1c(C)csc1C(=O)O. The molecule has 0 aromatic carbocycles. The molecule has 1 aromatic rings. The summed E-state index contributed by atoms with van der Waals surface area (Å²) in [5, 5.41) is 10.5. The van der Waals surface area contributed by atoms with Crippen molar-refractivity contribution in [3.8, 4) is 0 Å². The van der Waals surface area contributed by atoms with Gasteiger partial charge in [-0.2, -0.15) is 0 Å². The van der Waals surface area contributed by atoms with Crippen LogP contribution in [0.1, 0.15) is 35.5 Å². The Morgan fingerprint density at radius 3 is 2.67 bits per heavy atom. The van der Waals surface area contributed by atoms with E-state index in [1.54, 1.807) is 12.3 Å². The Bertz CT molecular complexity index is 533. The van der Waals surface area contributed by atoms with Crippen molar-refractivity contribution in [2.75, 3.05) is 6.54 Å². The number of hydrogen-bond donors (Lipinski definition) is 2. The van der Waals surface area contributed by atoms with Crippen LogP contribution in [0.2, 0.25) is 0 Å². The lowest BCUT2D eigenvalue weighted by Crippen LogP contribution is -2.29. The second-order valence-corrected chi connectivity index (χ2v) is 6.83. The number of carboxylic acid groups (broad SMARTS) is 1. The van der Waals surface area contributed by atoms with Gasteiger partial charge in [-0.25, -0.2) is 17.9 Å². The summed E-state index contributed by atoms with van der Waals surface area (Å²) in [6.07, 6.45) is 0.858. The van der Waals surface area contributed by atoms with Crippen LogP contribution in [0, 0.1) is 12.8 Å². The summed E-state index contributed by atoms with van der Waals surface area (Å²) in [5.41, 5.74) is 0.467. The standard InChI is InChI=1S/C11H17NO4S2/c1-4-7(2)5-12-18(15,16)10-8(3)6-17-9(10)11(13)14/h6-7,12H,4-5H2,1-3H3,(H,13,14). The molecule has 0 spiro atoms. The van der Waals surface area contributed by atoms with Crippen molar-refractivity contribution in [1.82, 2.24) is 4.72 Å². The predicted molar refractivity (Wildman–Crippen MR) is 70.7 cm³/mol. The summed E-state index contributed by atoms with van der Waals surface area (Å²) >= 11 is 0.932. The Hall–Kier alpha value is -0.920. The molecular formula is C11H17NO4S2. The highest BCUT2D eigenvalue weighted by molar-refractivity contribution is 7.89. The van der Waals surface area contributed by atoms with Crippen LogP contribution >= 0.6 is 11.3 Å². The zero-order chi connectivity index (χ0) is 13.9. The first kappa shape index (κ1) is 15.1. The smallest absolute Gasteiger partial charge is 0.347 e. The maximum absolute atomic E-state index is 12.1. The molecule has 0 fully saturated rings. The van der Waals surface area contributed by atoms with E-state index in [2.05, 4.69) is 4.72 Å². The molecule has 102 valence electrons. The molecule has 5 nitrogen and oxygen atoms in total. The van der Waals surface area contributed by atoms with Crippen LogP contribution in [0.3, 0.4) is 0 Å². The maximum atomic E-state index is 12.1. The lowest BCUT2D eigenvalue weighted by Gasteiger charge is -2.11. The van der Waals surface area contributed by atoms with Crippen LogP contribution in [0.5, 0.6) is 0 Å². The largest absolute Gasteiger partial charge is 0.477 e. The van der Waals surface area contributed by atoms with Gasteiger partial charge in [-0.05, 0) is 23.8 Å². The minimum Gasteiger partial charge on any atom is -0.477 e. The number of carboxylic acids is 1. The molecule has 1 atom stereocenters. The average molecular weight is 291 g/mol. The van der Waals surface area contributed by atoms with Crippen LogP contribution in [0.4, 0.5) is 0 Å². The van der Waals surface area contributed by atoms with E-state index in [1.165, 1.54) is 0 Å². The van der Waals surface area contributed by atoms with E-state index in [9.17, 15) is 13.2 Å². The fraction of sp³-hybridized carbons (Fsp3) is 0.545. The average Bonchev–Trinajstić information content (AvgIpc) is 2.69. The van der Waals surface area contributed by atoms with Gasteiger partial charge in [0, 0.05) is 6.54 Å². The van der Waals surface area contributed by atoms with Crippen molar-refractivity contribution in [1.29, 1.82) is 0 Å². The highest BCUT2D eigenvalue weighted by atomic mass is 32.2. The third-order valence-corrected chi connectivity index (χ3v) is 5.52. The van der Waals surface area contributed by atoms with Crippen molar-refractivity contribution in [2.24, 2.45) is 5.92 Å². The van der Waals surface area contributed by atoms with Crippen LogP contribution in [0.25, 0.3) is 0 Å². The predicted octanol–water partition coefficient (Wildman–Crippen LogP) is 2.08. The Morgan fingerprint density at radius 2 is 2.17 bits per heavy atom. The van der Waals surface area contributed by atoms with Gasteiger partial charge in [0.1, 0.15) is 9.77 Å². The van der Waals surface area contributed by atoms with Gasteiger partial charge in [0.25, 0.3) is 0 Å². The van der Waals surface area contributed by atoms with Crippen molar-refractivity contribution >= 4 is 27.3 Å². The van der Waals surface area contributed by atoms with Gasteiger partial charge < -0.3 is 5.11 Å². The fourth-order valence-corrected chi connectivity index (χ4v) is 4.18. The Labute approximate surface area is 111 Å². The molecule has 0 saturated carbocycles. The van der Waals surface area contributed by atoms with E-state index >= 15 is 0 Å². The molecule has 0 amide bonds. The zero-order valence-electron chi connectivity index (χ0n) is 10.6. The van der Waals surface area contributed by atoms with Gasteiger partial charge in [0.2, 0.25) is 10.0 Å². The van der Waals surface area contributed by atoms with Gasteiger partial charge in [-0.15, -0.1) is 11.3 Å². The number of aryl methyl sites for hydroxylation is 1. The molecule has 2 N–H and O–H groups in total. The van der Waals surface area contributed by atoms with Gasteiger partial charge in [-0.1, -0.05) is 20.3 Å². The molecule has 18 heavy (non-hydrogen) atoms. The van der Waals surface area contributed by atoms with E-state index in [4.69, 9.17) is 5.11 Å². The fourth-order valence-electron chi connectivity index (χ4n) is 1.38. The number of hydrogen-bond acceptors (Lipinski definition) is 4. The van der Waals surface area contributed by atoms with Crippen LogP contribution in [-0.2, 0) is 10.0 Å². The van der Waals surface area contributed by atoms with E-state index in [-0.39, 0.29) is 15.7 Å². The number of sulfonamides is 1. The summed E-state index contributed by atoms with van der Waals surface area (Å²) in [4.78, 5) is 10.8. The normalized spacial score (nSPS) is 13.5. The molecular weight excluding hydrogens is 274 g/mol. The van der Waals surface area contributed by atoms with Gasteiger partial charge >= 0.3 is 5.97 Å². The van der Waals surface area contributed by atoms with Gasteiger partial charge in [0.15, 0.2) is 0 Å². The first-order valence-electron chi connectivity index (χ1n) is 5.60. The van der Waals surface area contributed by atoms with Gasteiger partial charge in [-0.3, -0.25) is 0 Å². The summed E-state index contributed by atoms with van der Waals surface area (Å²) in [7, 11) is -3.75. The molecule has 1 unspecified atom stereocenters. The number of carbonyl (C=O) groups is 1. The Kier molecular flexibility index (Phi) is 4.89. The van der Waals surface area contributed by atoms with Crippen LogP contribution < -0.4 is 4.72 Å². The highest BCUT2D eigenvalue weighted by Gasteiger charge is 2.26. The van der Waals surface area contributed by atoms with Crippen molar-refractivity contribution in [3.05, 3.63) is 15.8 Å². The van der Waals surface area contributed by atoms with E-state index in [0.717, 1.165) is 17.8 Å². The molecule has 1 rings (SSSR count). The quantitative estimate of drug-likeness (QED) is 0.840. The second-order valence-electron chi connectivity index (χ2n) is 4.25. The first-order valence-corrected chi connectivity index (χ1v) is 7.97. The number of nitrogens with one attached hydrogen (secondary N) is 1. The number of thiophene rings is 1.